The second-order valence-electron chi connectivity index (χ2n) is 6.96. The summed E-state index contributed by atoms with van der Waals surface area (Å²) >= 11 is 0. The molecule has 0 fully saturated rings. The molecule has 3 aromatic rings. The van der Waals surface area contributed by atoms with Gasteiger partial charge in [-0.3, -0.25) is 9.59 Å². The predicted octanol–water partition coefficient (Wildman–Crippen LogP) is 2.38. The molecule has 0 saturated heterocycles. The summed E-state index contributed by atoms with van der Waals surface area (Å²) in [6, 6.07) is 14.7. The lowest BCUT2D eigenvalue weighted by atomic mass is 9.96. The zero-order valence-corrected chi connectivity index (χ0v) is 15.7. The number of benzene rings is 2. The van der Waals surface area contributed by atoms with Gasteiger partial charge in [0, 0.05) is 30.1 Å². The standard InChI is InChI=1S/C22H22N2O4/c1-27-20-8-4-5-16-11-15(14-28-22(16)20)12-23-21(26)13-24-10-9-19(25)17-6-2-3-7-18(17)24/h2-10,15H,11-14H2,1H3,(H,23,26)/t15-/m0/s1. The van der Waals surface area contributed by atoms with Gasteiger partial charge in [0.15, 0.2) is 16.9 Å². The molecule has 2 heterocycles. The van der Waals surface area contributed by atoms with Crippen molar-refractivity contribution in [1.82, 2.24) is 9.88 Å². The zero-order valence-electron chi connectivity index (χ0n) is 15.7. The summed E-state index contributed by atoms with van der Waals surface area (Å²) in [7, 11) is 1.63. The fourth-order valence-electron chi connectivity index (χ4n) is 3.62. The number of rotatable bonds is 5. The van der Waals surface area contributed by atoms with Crippen molar-refractivity contribution in [3.05, 3.63) is 70.5 Å². The molecule has 0 radical (unpaired) electrons. The van der Waals surface area contributed by atoms with E-state index in [1.807, 2.05) is 36.4 Å². The minimum absolute atomic E-state index is 0.0410. The topological polar surface area (TPSA) is 69.6 Å². The monoisotopic (exact) mass is 378 g/mol. The molecule has 6 heteroatoms. The number of carbonyl (C=O) groups is 1. The molecule has 1 aliphatic heterocycles. The number of amides is 1. The maximum atomic E-state index is 12.5. The van der Waals surface area contributed by atoms with Gasteiger partial charge in [0.1, 0.15) is 6.54 Å². The second-order valence-corrected chi connectivity index (χ2v) is 6.96. The summed E-state index contributed by atoms with van der Waals surface area (Å²) in [5, 5.41) is 3.61. The van der Waals surface area contributed by atoms with Gasteiger partial charge in [-0.1, -0.05) is 24.3 Å². The van der Waals surface area contributed by atoms with Crippen LogP contribution in [0.3, 0.4) is 0 Å². The average molecular weight is 378 g/mol. The van der Waals surface area contributed by atoms with Gasteiger partial charge in [-0.15, -0.1) is 0 Å². The minimum atomic E-state index is -0.0924. The maximum absolute atomic E-state index is 12.5. The Kier molecular flexibility index (Phi) is 5.02. The highest BCUT2D eigenvalue weighted by Gasteiger charge is 2.23. The Bertz CT molecular complexity index is 1070. The Morgan fingerprint density at radius 3 is 2.93 bits per heavy atom. The zero-order chi connectivity index (χ0) is 19.5. The number of hydrogen-bond donors (Lipinski definition) is 1. The van der Waals surface area contributed by atoms with Crippen molar-refractivity contribution in [3.63, 3.8) is 0 Å². The molecule has 0 saturated carbocycles. The molecule has 144 valence electrons. The van der Waals surface area contributed by atoms with Gasteiger partial charge in [-0.05, 0) is 30.2 Å². The van der Waals surface area contributed by atoms with Crippen LogP contribution in [0.2, 0.25) is 0 Å². The van der Waals surface area contributed by atoms with E-state index in [1.54, 1.807) is 23.9 Å². The molecule has 1 aliphatic rings. The minimum Gasteiger partial charge on any atom is -0.493 e. The summed E-state index contributed by atoms with van der Waals surface area (Å²) in [6.45, 7) is 1.24. The van der Waals surface area contributed by atoms with E-state index in [1.165, 1.54) is 6.07 Å². The molecule has 1 atom stereocenters. The predicted molar refractivity (Wildman–Crippen MR) is 107 cm³/mol. The summed E-state index contributed by atoms with van der Waals surface area (Å²) in [4.78, 5) is 24.4. The van der Waals surface area contributed by atoms with Gasteiger partial charge in [0.05, 0.1) is 19.2 Å². The summed E-state index contributed by atoms with van der Waals surface area (Å²) in [5.74, 6) is 1.65. The van der Waals surface area contributed by atoms with Gasteiger partial charge in [-0.2, -0.15) is 0 Å². The molecule has 6 nitrogen and oxygen atoms in total. The molecular formula is C22H22N2O4. The first-order chi connectivity index (χ1) is 13.7. The van der Waals surface area contributed by atoms with E-state index >= 15 is 0 Å². The van der Waals surface area contributed by atoms with Crippen molar-refractivity contribution in [2.45, 2.75) is 13.0 Å². The highest BCUT2D eigenvalue weighted by Crippen LogP contribution is 2.35. The first-order valence-electron chi connectivity index (χ1n) is 9.29. The number of nitrogens with one attached hydrogen (secondary N) is 1. The Hall–Kier alpha value is -3.28. The Morgan fingerprint density at radius 1 is 1.21 bits per heavy atom. The van der Waals surface area contributed by atoms with E-state index < -0.39 is 0 Å². The van der Waals surface area contributed by atoms with Crippen molar-refractivity contribution in [2.24, 2.45) is 5.92 Å². The average Bonchev–Trinajstić information content (AvgIpc) is 2.74. The van der Waals surface area contributed by atoms with E-state index in [0.29, 0.717) is 18.5 Å². The molecule has 0 spiro atoms. The summed E-state index contributed by atoms with van der Waals surface area (Å²) < 4.78 is 13.0. The van der Waals surface area contributed by atoms with E-state index in [4.69, 9.17) is 9.47 Å². The van der Waals surface area contributed by atoms with E-state index in [2.05, 4.69) is 5.32 Å². The van der Waals surface area contributed by atoms with Crippen molar-refractivity contribution in [2.75, 3.05) is 20.3 Å². The third-order valence-corrected chi connectivity index (χ3v) is 5.04. The number of fused-ring (bicyclic) bond motifs is 2. The van der Waals surface area contributed by atoms with Gasteiger partial charge in [0.2, 0.25) is 5.91 Å². The van der Waals surface area contributed by atoms with Crippen molar-refractivity contribution < 1.29 is 14.3 Å². The van der Waals surface area contributed by atoms with Crippen LogP contribution in [0.25, 0.3) is 10.9 Å². The smallest absolute Gasteiger partial charge is 0.239 e. The molecular weight excluding hydrogens is 356 g/mol. The van der Waals surface area contributed by atoms with Gasteiger partial charge >= 0.3 is 0 Å². The lowest BCUT2D eigenvalue weighted by molar-refractivity contribution is -0.121. The van der Waals surface area contributed by atoms with Gasteiger partial charge < -0.3 is 19.4 Å². The fraction of sp³-hybridized carbons (Fsp3) is 0.273. The summed E-state index contributed by atoms with van der Waals surface area (Å²) in [6.07, 6.45) is 2.49. The second kappa shape index (κ2) is 7.76. The van der Waals surface area contributed by atoms with Crippen LogP contribution in [-0.4, -0.2) is 30.7 Å². The van der Waals surface area contributed by atoms with Gasteiger partial charge in [-0.25, -0.2) is 0 Å². The van der Waals surface area contributed by atoms with E-state index in [0.717, 1.165) is 29.0 Å². The molecule has 4 rings (SSSR count). The molecule has 0 unspecified atom stereocenters. The molecule has 0 aliphatic carbocycles. The third kappa shape index (κ3) is 3.58. The number of ether oxygens (including phenoxy) is 2. The molecule has 0 bridgehead atoms. The lowest BCUT2D eigenvalue weighted by Gasteiger charge is -2.26. The quantitative estimate of drug-likeness (QED) is 0.740. The SMILES string of the molecule is COc1cccc2c1OC[C@H](CNC(=O)Cn1ccc(=O)c3ccccc31)C2. The van der Waals surface area contributed by atoms with Crippen LogP contribution >= 0.6 is 0 Å². The Balaban J connectivity index is 1.39. The summed E-state index contributed by atoms with van der Waals surface area (Å²) in [5.41, 5.74) is 1.81. The first-order valence-corrected chi connectivity index (χ1v) is 9.29. The third-order valence-electron chi connectivity index (χ3n) is 5.04. The highest BCUT2D eigenvalue weighted by atomic mass is 16.5. The molecule has 1 N–H and O–H groups in total. The highest BCUT2D eigenvalue weighted by molar-refractivity contribution is 5.82. The van der Waals surface area contributed by atoms with E-state index in [-0.39, 0.29) is 23.8 Å². The van der Waals surface area contributed by atoms with Crippen molar-refractivity contribution >= 4 is 16.8 Å². The van der Waals surface area contributed by atoms with Crippen molar-refractivity contribution in [3.8, 4) is 11.5 Å². The molecule has 28 heavy (non-hydrogen) atoms. The number of pyridine rings is 1. The van der Waals surface area contributed by atoms with Crippen LogP contribution in [-0.2, 0) is 17.8 Å². The Morgan fingerprint density at radius 2 is 2.07 bits per heavy atom. The normalized spacial score (nSPS) is 15.5. The van der Waals surface area contributed by atoms with Crippen LogP contribution in [0.5, 0.6) is 11.5 Å². The number of carbonyl (C=O) groups excluding carboxylic acids is 1. The number of para-hydroxylation sites is 2. The largest absolute Gasteiger partial charge is 0.493 e. The van der Waals surface area contributed by atoms with E-state index in [9.17, 15) is 9.59 Å². The van der Waals surface area contributed by atoms with Crippen LogP contribution in [0.1, 0.15) is 5.56 Å². The van der Waals surface area contributed by atoms with Crippen LogP contribution in [0, 0.1) is 5.92 Å². The number of nitrogens with zero attached hydrogens (tertiary/aromatic N) is 1. The van der Waals surface area contributed by atoms with Crippen molar-refractivity contribution in [1.29, 1.82) is 0 Å². The lowest BCUT2D eigenvalue weighted by Crippen LogP contribution is -2.36. The molecule has 2 aromatic carbocycles. The van der Waals surface area contributed by atoms with Crippen LogP contribution in [0.4, 0.5) is 0 Å². The van der Waals surface area contributed by atoms with Gasteiger partial charge in [0.25, 0.3) is 0 Å². The first kappa shape index (κ1) is 18.1. The number of methoxy groups -OCH3 is 1. The molecule has 1 aromatic heterocycles. The number of aromatic nitrogens is 1. The van der Waals surface area contributed by atoms with Crippen LogP contribution < -0.4 is 20.2 Å². The fourth-order valence-corrected chi connectivity index (χ4v) is 3.62. The van der Waals surface area contributed by atoms with Crippen LogP contribution in [0.15, 0.2) is 59.5 Å². The maximum Gasteiger partial charge on any atom is 0.239 e. The molecule has 1 amide bonds. The Labute approximate surface area is 162 Å². The number of hydrogen-bond acceptors (Lipinski definition) is 4.